The molecule has 0 aliphatic rings. The predicted molar refractivity (Wildman–Crippen MR) is 100.0 cm³/mol. The molecule has 0 spiro atoms. The molecular formula is C20H14ClN3O2. The zero-order valence-electron chi connectivity index (χ0n) is 13.9. The number of carbonyl (C=O) groups is 2. The van der Waals surface area contributed by atoms with Gasteiger partial charge in [0.1, 0.15) is 5.69 Å². The lowest BCUT2D eigenvalue weighted by Gasteiger charge is -2.12. The number of fused-ring (bicyclic) bond motifs is 1. The summed E-state index contributed by atoms with van der Waals surface area (Å²) < 4.78 is 0. The average Bonchev–Trinajstić information content (AvgIpc) is 2.65. The molecular weight excluding hydrogens is 350 g/mol. The van der Waals surface area contributed by atoms with Gasteiger partial charge in [0.2, 0.25) is 11.7 Å². The summed E-state index contributed by atoms with van der Waals surface area (Å²) in [4.78, 5) is 29.4. The molecule has 3 rings (SSSR count). The molecule has 0 bridgehead atoms. The van der Waals surface area contributed by atoms with Gasteiger partial charge in [-0.3, -0.25) is 9.59 Å². The van der Waals surface area contributed by atoms with Crippen molar-refractivity contribution < 1.29 is 9.59 Å². The Bertz CT molecular complexity index is 1060. The van der Waals surface area contributed by atoms with Crippen molar-refractivity contribution in [1.29, 1.82) is 5.26 Å². The first-order valence-corrected chi connectivity index (χ1v) is 8.24. The minimum Gasteiger partial charge on any atom is -0.324 e. The zero-order valence-corrected chi connectivity index (χ0v) is 14.6. The van der Waals surface area contributed by atoms with Crippen molar-refractivity contribution in [3.63, 3.8) is 0 Å². The van der Waals surface area contributed by atoms with E-state index in [1.54, 1.807) is 49.4 Å². The van der Waals surface area contributed by atoms with Crippen LogP contribution in [0, 0.1) is 24.2 Å². The van der Waals surface area contributed by atoms with Crippen molar-refractivity contribution in [1.82, 2.24) is 4.98 Å². The third kappa shape index (κ3) is 3.41. The molecule has 26 heavy (non-hydrogen) atoms. The molecule has 128 valence electrons. The van der Waals surface area contributed by atoms with Crippen LogP contribution < -0.4 is 5.32 Å². The number of ketones is 1. The van der Waals surface area contributed by atoms with Crippen molar-refractivity contribution in [3.05, 3.63) is 70.9 Å². The molecule has 1 aromatic heterocycles. The van der Waals surface area contributed by atoms with Crippen LogP contribution in [-0.2, 0) is 4.79 Å². The van der Waals surface area contributed by atoms with E-state index < -0.39 is 17.6 Å². The number of amides is 1. The van der Waals surface area contributed by atoms with Gasteiger partial charge >= 0.3 is 0 Å². The van der Waals surface area contributed by atoms with E-state index in [1.807, 2.05) is 12.1 Å². The van der Waals surface area contributed by atoms with Gasteiger partial charge in [0.25, 0.3) is 0 Å². The quantitative estimate of drug-likeness (QED) is 0.557. The molecule has 5 nitrogen and oxygen atoms in total. The Kier molecular flexibility index (Phi) is 4.97. The van der Waals surface area contributed by atoms with E-state index in [4.69, 9.17) is 11.6 Å². The summed E-state index contributed by atoms with van der Waals surface area (Å²) in [5.41, 5.74) is 1.83. The molecule has 2 aromatic carbocycles. The molecule has 1 heterocycles. The smallest absolute Gasteiger partial charge is 0.249 e. The number of anilines is 1. The topological polar surface area (TPSA) is 82.9 Å². The Morgan fingerprint density at radius 3 is 2.65 bits per heavy atom. The minimum absolute atomic E-state index is 0.0771. The Morgan fingerprint density at radius 2 is 1.88 bits per heavy atom. The zero-order chi connectivity index (χ0) is 18.7. The molecule has 1 amide bonds. The van der Waals surface area contributed by atoms with E-state index in [0.29, 0.717) is 21.8 Å². The monoisotopic (exact) mass is 363 g/mol. The summed E-state index contributed by atoms with van der Waals surface area (Å²) in [5.74, 6) is -2.85. The number of hydrogen-bond acceptors (Lipinski definition) is 4. The number of halogens is 1. The van der Waals surface area contributed by atoms with Crippen molar-refractivity contribution in [2.24, 2.45) is 5.92 Å². The number of nitrogens with zero attached hydrogens (tertiary/aromatic N) is 2. The van der Waals surface area contributed by atoms with E-state index >= 15 is 0 Å². The second kappa shape index (κ2) is 7.34. The Balaban J connectivity index is 1.87. The van der Waals surface area contributed by atoms with E-state index in [9.17, 15) is 14.9 Å². The summed E-state index contributed by atoms with van der Waals surface area (Å²) in [5, 5.41) is 13.3. The van der Waals surface area contributed by atoms with Crippen molar-refractivity contribution in [2.75, 3.05) is 5.32 Å². The number of aromatic nitrogens is 1. The number of benzene rings is 2. The van der Waals surface area contributed by atoms with E-state index in [-0.39, 0.29) is 5.69 Å². The number of Topliss-reactive ketones (excluding diaryl/α,β-unsaturated/α-hetero) is 1. The molecule has 1 atom stereocenters. The summed E-state index contributed by atoms with van der Waals surface area (Å²) in [6.07, 6.45) is 0. The predicted octanol–water partition coefficient (Wildman–Crippen LogP) is 4.16. The van der Waals surface area contributed by atoms with Crippen LogP contribution in [0.5, 0.6) is 0 Å². The summed E-state index contributed by atoms with van der Waals surface area (Å²) in [7, 11) is 0. The maximum Gasteiger partial charge on any atom is 0.249 e. The summed E-state index contributed by atoms with van der Waals surface area (Å²) in [6.45, 7) is 1.74. The first kappa shape index (κ1) is 17.6. The molecule has 0 aliphatic carbocycles. The van der Waals surface area contributed by atoms with E-state index in [0.717, 1.165) is 5.39 Å². The fourth-order valence-electron chi connectivity index (χ4n) is 2.54. The van der Waals surface area contributed by atoms with Crippen LogP contribution in [0.1, 0.15) is 16.1 Å². The van der Waals surface area contributed by atoms with Crippen molar-refractivity contribution in [2.45, 2.75) is 6.92 Å². The molecule has 3 aromatic rings. The molecule has 0 unspecified atom stereocenters. The van der Waals surface area contributed by atoms with E-state index in [1.165, 1.54) is 6.07 Å². The maximum absolute atomic E-state index is 12.6. The van der Waals surface area contributed by atoms with Crippen LogP contribution in [-0.4, -0.2) is 16.7 Å². The van der Waals surface area contributed by atoms with Crippen molar-refractivity contribution in [3.8, 4) is 6.07 Å². The van der Waals surface area contributed by atoms with Gasteiger partial charge in [0.15, 0.2) is 5.92 Å². The highest BCUT2D eigenvalue weighted by Gasteiger charge is 2.29. The van der Waals surface area contributed by atoms with Crippen LogP contribution in [0.3, 0.4) is 0 Å². The van der Waals surface area contributed by atoms with Gasteiger partial charge in [0.05, 0.1) is 11.6 Å². The molecule has 0 aliphatic heterocycles. The number of nitrogens with one attached hydrogen (secondary N) is 1. The highest BCUT2D eigenvalue weighted by molar-refractivity contribution is 6.31. The Labute approximate surface area is 155 Å². The normalized spacial score (nSPS) is 11.6. The first-order valence-electron chi connectivity index (χ1n) is 7.87. The SMILES string of the molecule is Cc1c(Cl)cccc1NC(=O)[C@@H](C#N)C(=O)c1ccc2ccccc2n1. The fourth-order valence-corrected chi connectivity index (χ4v) is 2.71. The van der Waals surface area contributed by atoms with Gasteiger partial charge in [-0.15, -0.1) is 0 Å². The molecule has 1 N–H and O–H groups in total. The van der Waals surface area contributed by atoms with Crippen LogP contribution >= 0.6 is 11.6 Å². The lowest BCUT2D eigenvalue weighted by Crippen LogP contribution is -2.29. The molecule has 0 saturated carbocycles. The lowest BCUT2D eigenvalue weighted by atomic mass is 10.0. The maximum atomic E-state index is 12.6. The van der Waals surface area contributed by atoms with Crippen LogP contribution in [0.2, 0.25) is 5.02 Å². The fraction of sp³-hybridized carbons (Fsp3) is 0.100. The number of para-hydroxylation sites is 1. The summed E-state index contributed by atoms with van der Waals surface area (Å²) >= 11 is 6.03. The van der Waals surface area contributed by atoms with Gasteiger partial charge in [0, 0.05) is 16.1 Å². The Morgan fingerprint density at radius 1 is 1.12 bits per heavy atom. The number of nitriles is 1. The van der Waals surface area contributed by atoms with Gasteiger partial charge < -0.3 is 5.32 Å². The van der Waals surface area contributed by atoms with Gasteiger partial charge in [-0.2, -0.15) is 5.26 Å². The number of pyridine rings is 1. The van der Waals surface area contributed by atoms with Gasteiger partial charge in [-0.05, 0) is 36.8 Å². The largest absolute Gasteiger partial charge is 0.324 e. The molecule has 0 fully saturated rings. The molecule has 0 saturated heterocycles. The lowest BCUT2D eigenvalue weighted by molar-refractivity contribution is -0.117. The average molecular weight is 364 g/mol. The number of rotatable bonds is 4. The van der Waals surface area contributed by atoms with E-state index in [2.05, 4.69) is 10.3 Å². The third-order valence-corrected chi connectivity index (χ3v) is 4.44. The van der Waals surface area contributed by atoms with Crippen LogP contribution in [0.15, 0.2) is 54.6 Å². The third-order valence-electron chi connectivity index (χ3n) is 4.03. The second-order valence-corrected chi connectivity index (χ2v) is 6.12. The van der Waals surface area contributed by atoms with Crippen molar-refractivity contribution >= 4 is 39.9 Å². The summed E-state index contributed by atoms with van der Waals surface area (Å²) in [6, 6.07) is 17.4. The number of carbonyl (C=O) groups excluding carboxylic acids is 2. The minimum atomic E-state index is -1.50. The van der Waals surface area contributed by atoms with Crippen LogP contribution in [0.4, 0.5) is 5.69 Å². The highest BCUT2D eigenvalue weighted by Crippen LogP contribution is 2.24. The standard InChI is InChI=1S/C20H14ClN3O2/c1-12-15(21)6-4-8-16(12)24-20(26)14(11-22)19(25)18-10-9-13-5-2-3-7-17(13)23-18/h2-10,14H,1H3,(H,24,26)/t14-/m0/s1. The van der Waals surface area contributed by atoms with Gasteiger partial charge in [-0.25, -0.2) is 4.98 Å². The molecule has 6 heteroatoms. The molecule has 0 radical (unpaired) electrons. The van der Waals surface area contributed by atoms with Gasteiger partial charge in [-0.1, -0.05) is 41.9 Å². The second-order valence-electron chi connectivity index (χ2n) is 5.72. The Hall–Kier alpha value is -3.23. The highest BCUT2D eigenvalue weighted by atomic mass is 35.5. The van der Waals surface area contributed by atoms with Crippen LogP contribution in [0.25, 0.3) is 10.9 Å². The number of hydrogen-bond donors (Lipinski definition) is 1. The first-order chi connectivity index (χ1) is 12.5.